The molecule has 3 rings (SSSR count). The van der Waals surface area contributed by atoms with E-state index in [0.29, 0.717) is 5.13 Å². The smallest absolute Gasteiger partial charge is 0.257 e. The Labute approximate surface area is 119 Å². The highest BCUT2D eigenvalue weighted by molar-refractivity contribution is 7.15. The van der Waals surface area contributed by atoms with Gasteiger partial charge in [-0.05, 0) is 37.5 Å². The maximum absolute atomic E-state index is 13.1. The van der Waals surface area contributed by atoms with Crippen molar-refractivity contribution < 1.29 is 9.18 Å². The lowest BCUT2D eigenvalue weighted by Gasteiger charge is -2.15. The molecule has 104 valence electrons. The first kappa shape index (κ1) is 13.2. The van der Waals surface area contributed by atoms with Crippen LogP contribution in [0.5, 0.6) is 0 Å². The predicted octanol–water partition coefficient (Wildman–Crippen LogP) is 2.35. The van der Waals surface area contributed by atoms with Gasteiger partial charge in [-0.15, -0.1) is 11.3 Å². The third-order valence-corrected chi connectivity index (χ3v) is 4.32. The molecule has 0 spiro atoms. The first-order valence-corrected chi connectivity index (χ1v) is 7.24. The van der Waals surface area contributed by atoms with Gasteiger partial charge in [-0.3, -0.25) is 10.1 Å². The highest BCUT2D eigenvalue weighted by atomic mass is 32.1. The van der Waals surface area contributed by atoms with Gasteiger partial charge in [-0.2, -0.15) is 0 Å². The van der Waals surface area contributed by atoms with Crippen molar-refractivity contribution in [2.24, 2.45) is 5.73 Å². The van der Waals surface area contributed by atoms with Crippen LogP contribution in [0.3, 0.4) is 0 Å². The van der Waals surface area contributed by atoms with Gasteiger partial charge in [-0.1, -0.05) is 6.07 Å². The van der Waals surface area contributed by atoms with Gasteiger partial charge in [0.2, 0.25) is 0 Å². The van der Waals surface area contributed by atoms with Crippen molar-refractivity contribution in [1.82, 2.24) is 4.98 Å². The summed E-state index contributed by atoms with van der Waals surface area (Å²) in [6.45, 7) is 0. The molecule has 1 aromatic heterocycles. The highest BCUT2D eigenvalue weighted by Crippen LogP contribution is 2.29. The molecule has 3 N–H and O–H groups in total. The molecule has 0 unspecified atom stereocenters. The van der Waals surface area contributed by atoms with Crippen molar-refractivity contribution in [3.05, 3.63) is 46.2 Å². The van der Waals surface area contributed by atoms with Crippen molar-refractivity contribution in [2.75, 3.05) is 5.32 Å². The number of aromatic nitrogens is 1. The van der Waals surface area contributed by atoms with E-state index in [-0.39, 0.29) is 17.5 Å². The molecule has 20 heavy (non-hydrogen) atoms. The minimum Gasteiger partial charge on any atom is -0.327 e. The molecule has 2 aromatic rings. The van der Waals surface area contributed by atoms with Crippen LogP contribution in [0.25, 0.3) is 0 Å². The lowest BCUT2D eigenvalue weighted by molar-refractivity contribution is 0.102. The van der Waals surface area contributed by atoms with Crippen LogP contribution in [-0.4, -0.2) is 16.9 Å². The second kappa shape index (κ2) is 5.30. The van der Waals surface area contributed by atoms with Gasteiger partial charge >= 0.3 is 0 Å². The van der Waals surface area contributed by atoms with E-state index < -0.39 is 5.82 Å². The Balaban J connectivity index is 1.77. The Morgan fingerprint density at radius 2 is 2.35 bits per heavy atom. The SMILES string of the molecule is N[C@H]1CCc2nc(NC(=O)c3cccc(F)c3)sc2C1. The zero-order valence-electron chi connectivity index (χ0n) is 10.7. The van der Waals surface area contributed by atoms with Crippen molar-refractivity contribution in [2.45, 2.75) is 25.3 Å². The van der Waals surface area contributed by atoms with Gasteiger partial charge < -0.3 is 5.73 Å². The number of amides is 1. The molecular formula is C14H14FN3OS. The number of rotatable bonds is 2. The number of nitrogens with zero attached hydrogens (tertiary/aromatic N) is 1. The molecule has 0 bridgehead atoms. The quantitative estimate of drug-likeness (QED) is 0.892. The van der Waals surface area contributed by atoms with Gasteiger partial charge in [0.15, 0.2) is 5.13 Å². The number of nitrogens with one attached hydrogen (secondary N) is 1. The van der Waals surface area contributed by atoms with Crippen molar-refractivity contribution >= 4 is 22.4 Å². The van der Waals surface area contributed by atoms with E-state index in [2.05, 4.69) is 10.3 Å². The predicted molar refractivity (Wildman–Crippen MR) is 76.5 cm³/mol. The first-order chi connectivity index (χ1) is 9.61. The number of carbonyl (C=O) groups excluding carboxylic acids is 1. The molecule has 1 aliphatic rings. The van der Waals surface area contributed by atoms with Gasteiger partial charge in [0, 0.05) is 16.5 Å². The maximum atomic E-state index is 13.1. The standard InChI is InChI=1S/C14H14FN3OS/c15-9-3-1-2-8(6-9)13(19)18-14-17-11-5-4-10(16)7-12(11)20-14/h1-3,6,10H,4-5,7,16H2,(H,17,18,19)/t10-/m0/s1. The molecule has 6 heteroatoms. The summed E-state index contributed by atoms with van der Waals surface area (Å²) in [5, 5.41) is 3.27. The number of hydrogen-bond acceptors (Lipinski definition) is 4. The van der Waals surface area contributed by atoms with E-state index in [1.807, 2.05) is 0 Å². The van der Waals surface area contributed by atoms with Gasteiger partial charge in [0.05, 0.1) is 5.69 Å². The summed E-state index contributed by atoms with van der Waals surface area (Å²) in [7, 11) is 0. The Bertz CT molecular complexity index is 656. The van der Waals surface area contributed by atoms with Gasteiger partial charge in [0.1, 0.15) is 5.82 Å². The molecular weight excluding hydrogens is 277 g/mol. The fraction of sp³-hybridized carbons (Fsp3) is 0.286. The summed E-state index contributed by atoms with van der Waals surface area (Å²) < 4.78 is 13.1. The van der Waals surface area contributed by atoms with E-state index in [0.717, 1.165) is 29.8 Å². The Kier molecular flexibility index (Phi) is 3.50. The molecule has 1 aliphatic carbocycles. The van der Waals surface area contributed by atoms with Crippen LogP contribution in [0.1, 0.15) is 27.3 Å². The molecule has 1 aromatic carbocycles. The van der Waals surface area contributed by atoms with Gasteiger partial charge in [0.25, 0.3) is 5.91 Å². The summed E-state index contributed by atoms with van der Waals surface area (Å²) in [4.78, 5) is 17.6. The van der Waals surface area contributed by atoms with Crippen molar-refractivity contribution in [3.63, 3.8) is 0 Å². The molecule has 0 aliphatic heterocycles. The number of nitrogens with two attached hydrogens (primary N) is 1. The third-order valence-electron chi connectivity index (χ3n) is 3.29. The minimum atomic E-state index is -0.429. The average molecular weight is 291 g/mol. The zero-order valence-corrected chi connectivity index (χ0v) is 11.5. The molecule has 1 heterocycles. The molecule has 0 saturated carbocycles. The molecule has 1 amide bonds. The Hall–Kier alpha value is -1.79. The first-order valence-electron chi connectivity index (χ1n) is 6.43. The summed E-state index contributed by atoms with van der Waals surface area (Å²) in [6.07, 6.45) is 2.58. The number of thiazole rings is 1. The van der Waals surface area contributed by atoms with E-state index >= 15 is 0 Å². The molecule has 1 atom stereocenters. The lowest BCUT2D eigenvalue weighted by atomic mass is 9.99. The average Bonchev–Trinajstić information content (AvgIpc) is 2.80. The number of anilines is 1. The normalized spacial score (nSPS) is 17.6. The second-order valence-electron chi connectivity index (χ2n) is 4.86. The number of halogens is 1. The molecule has 0 saturated heterocycles. The van der Waals surface area contributed by atoms with Crippen molar-refractivity contribution in [1.29, 1.82) is 0 Å². The lowest BCUT2D eigenvalue weighted by Crippen LogP contribution is -2.27. The second-order valence-corrected chi connectivity index (χ2v) is 5.94. The van der Waals surface area contributed by atoms with E-state index in [4.69, 9.17) is 5.73 Å². The van der Waals surface area contributed by atoms with E-state index in [1.165, 1.54) is 29.5 Å². The van der Waals surface area contributed by atoms with E-state index in [1.54, 1.807) is 6.07 Å². The molecule has 0 fully saturated rings. The topological polar surface area (TPSA) is 68.0 Å². The monoisotopic (exact) mass is 291 g/mol. The summed E-state index contributed by atoms with van der Waals surface area (Å²) in [6, 6.07) is 5.77. The number of benzene rings is 1. The van der Waals surface area contributed by atoms with Crippen LogP contribution in [0.2, 0.25) is 0 Å². The highest BCUT2D eigenvalue weighted by Gasteiger charge is 2.21. The fourth-order valence-corrected chi connectivity index (χ4v) is 3.35. The minimum absolute atomic E-state index is 0.176. The van der Waals surface area contributed by atoms with Crippen LogP contribution >= 0.6 is 11.3 Å². The largest absolute Gasteiger partial charge is 0.327 e. The van der Waals surface area contributed by atoms with Gasteiger partial charge in [-0.25, -0.2) is 9.37 Å². The van der Waals surface area contributed by atoms with Crippen LogP contribution < -0.4 is 11.1 Å². The number of fused-ring (bicyclic) bond motifs is 1. The van der Waals surface area contributed by atoms with Crippen LogP contribution in [-0.2, 0) is 12.8 Å². The zero-order chi connectivity index (χ0) is 14.1. The Morgan fingerprint density at radius 1 is 1.50 bits per heavy atom. The number of hydrogen-bond donors (Lipinski definition) is 2. The van der Waals surface area contributed by atoms with E-state index in [9.17, 15) is 9.18 Å². The number of aryl methyl sites for hydroxylation is 1. The van der Waals surface area contributed by atoms with Crippen LogP contribution in [0.4, 0.5) is 9.52 Å². The Morgan fingerprint density at radius 3 is 3.15 bits per heavy atom. The molecule has 0 radical (unpaired) electrons. The number of carbonyl (C=O) groups is 1. The van der Waals surface area contributed by atoms with Crippen LogP contribution in [0.15, 0.2) is 24.3 Å². The maximum Gasteiger partial charge on any atom is 0.257 e. The summed E-state index contributed by atoms with van der Waals surface area (Å²) in [5.41, 5.74) is 7.22. The van der Waals surface area contributed by atoms with Crippen LogP contribution in [0, 0.1) is 5.82 Å². The van der Waals surface area contributed by atoms with Crippen molar-refractivity contribution in [3.8, 4) is 0 Å². The molecule has 4 nitrogen and oxygen atoms in total. The fourth-order valence-electron chi connectivity index (χ4n) is 2.25. The third kappa shape index (κ3) is 2.71. The summed E-state index contributed by atoms with van der Waals surface area (Å²) in [5.74, 6) is -0.776. The summed E-state index contributed by atoms with van der Waals surface area (Å²) >= 11 is 1.45.